The highest BCUT2D eigenvalue weighted by Gasteiger charge is 2.13. The molecular formula is C19H19Cl2N5O. The first kappa shape index (κ1) is 19.1. The molecule has 0 spiro atoms. The van der Waals surface area contributed by atoms with Gasteiger partial charge in [0, 0.05) is 23.0 Å². The molecule has 0 saturated carbocycles. The number of hydrogen-bond acceptors (Lipinski definition) is 3. The number of carbonyl (C=O) groups is 1. The Kier molecular flexibility index (Phi) is 5.58. The monoisotopic (exact) mass is 403 g/mol. The topological polar surface area (TPSA) is 85.0 Å². The molecular weight excluding hydrogens is 385 g/mol. The molecule has 0 aliphatic heterocycles. The van der Waals surface area contributed by atoms with E-state index >= 15 is 0 Å². The molecule has 3 rings (SSSR count). The average molecular weight is 404 g/mol. The number of urea groups is 1. The lowest BCUT2D eigenvalue weighted by molar-refractivity contribution is 0.262. The molecule has 140 valence electrons. The standard InChI is InChI=1S/C19H19Cl2N5O/c1-11(2)26-17(10-23-18(26)22)12-4-3-5-13(8-12)24-19(27)25-14-6-7-15(20)16(21)9-14/h3-11H,1-2H3,(H2,22,23)(H2,24,25,27). The van der Waals surface area contributed by atoms with E-state index in [-0.39, 0.29) is 12.1 Å². The van der Waals surface area contributed by atoms with E-state index < -0.39 is 0 Å². The number of carbonyl (C=O) groups excluding carboxylic acids is 1. The third-order valence-electron chi connectivity index (χ3n) is 3.94. The van der Waals surface area contributed by atoms with Crippen LogP contribution in [0.4, 0.5) is 22.1 Å². The number of hydrogen-bond donors (Lipinski definition) is 3. The normalized spacial score (nSPS) is 10.9. The minimum Gasteiger partial charge on any atom is -0.369 e. The predicted molar refractivity (Wildman–Crippen MR) is 112 cm³/mol. The number of nitrogens with two attached hydrogens (primary N) is 1. The molecule has 1 heterocycles. The second kappa shape index (κ2) is 7.90. The quantitative estimate of drug-likeness (QED) is 0.524. The summed E-state index contributed by atoms with van der Waals surface area (Å²) in [4.78, 5) is 16.5. The van der Waals surface area contributed by atoms with Gasteiger partial charge >= 0.3 is 6.03 Å². The number of benzene rings is 2. The number of nitrogens with zero attached hydrogens (tertiary/aromatic N) is 2. The van der Waals surface area contributed by atoms with Gasteiger partial charge in [0.25, 0.3) is 0 Å². The molecule has 3 aromatic rings. The Balaban J connectivity index is 1.78. The van der Waals surface area contributed by atoms with E-state index in [0.717, 1.165) is 11.3 Å². The number of aromatic nitrogens is 2. The third kappa shape index (κ3) is 4.35. The van der Waals surface area contributed by atoms with Crippen LogP contribution in [-0.4, -0.2) is 15.6 Å². The number of nitrogens with one attached hydrogen (secondary N) is 2. The second-order valence-electron chi connectivity index (χ2n) is 6.25. The summed E-state index contributed by atoms with van der Waals surface area (Å²) in [6, 6.07) is 12.1. The highest BCUT2D eigenvalue weighted by atomic mass is 35.5. The zero-order valence-corrected chi connectivity index (χ0v) is 16.3. The first-order valence-corrected chi connectivity index (χ1v) is 9.07. The van der Waals surface area contributed by atoms with Crippen molar-refractivity contribution >= 4 is 46.6 Å². The molecule has 4 N–H and O–H groups in total. The van der Waals surface area contributed by atoms with Crippen LogP contribution in [0.25, 0.3) is 11.3 Å². The number of imidazole rings is 1. The van der Waals surface area contributed by atoms with Gasteiger partial charge in [0.15, 0.2) is 0 Å². The van der Waals surface area contributed by atoms with Gasteiger partial charge < -0.3 is 20.9 Å². The molecule has 0 atom stereocenters. The maximum atomic E-state index is 12.3. The summed E-state index contributed by atoms with van der Waals surface area (Å²) < 4.78 is 1.94. The van der Waals surface area contributed by atoms with Gasteiger partial charge in [-0.15, -0.1) is 0 Å². The Bertz CT molecular complexity index is 984. The van der Waals surface area contributed by atoms with Crippen molar-refractivity contribution in [3.05, 3.63) is 58.7 Å². The molecule has 0 aliphatic rings. The number of amides is 2. The lowest BCUT2D eigenvalue weighted by Gasteiger charge is -2.14. The van der Waals surface area contributed by atoms with Crippen molar-refractivity contribution in [2.45, 2.75) is 19.9 Å². The van der Waals surface area contributed by atoms with Crippen LogP contribution in [0.5, 0.6) is 0 Å². The molecule has 0 radical (unpaired) electrons. The predicted octanol–water partition coefficient (Wildman–Crippen LogP) is 5.66. The molecule has 0 aliphatic carbocycles. The summed E-state index contributed by atoms with van der Waals surface area (Å²) in [6.45, 7) is 4.07. The van der Waals surface area contributed by atoms with E-state index in [1.165, 1.54) is 0 Å². The lowest BCUT2D eigenvalue weighted by Crippen LogP contribution is -2.19. The first-order valence-electron chi connectivity index (χ1n) is 8.31. The number of rotatable bonds is 4. The van der Waals surface area contributed by atoms with Gasteiger partial charge in [-0.05, 0) is 44.2 Å². The van der Waals surface area contributed by atoms with E-state index in [9.17, 15) is 4.79 Å². The van der Waals surface area contributed by atoms with Crippen molar-refractivity contribution in [3.8, 4) is 11.3 Å². The number of nitrogen functional groups attached to an aromatic ring is 1. The zero-order valence-electron chi connectivity index (χ0n) is 14.8. The van der Waals surface area contributed by atoms with Crippen molar-refractivity contribution in [3.63, 3.8) is 0 Å². The van der Waals surface area contributed by atoms with Crippen LogP contribution >= 0.6 is 23.2 Å². The van der Waals surface area contributed by atoms with Gasteiger partial charge in [-0.3, -0.25) is 0 Å². The van der Waals surface area contributed by atoms with Crippen LogP contribution < -0.4 is 16.4 Å². The van der Waals surface area contributed by atoms with Crippen LogP contribution in [0, 0.1) is 0 Å². The highest BCUT2D eigenvalue weighted by molar-refractivity contribution is 6.42. The molecule has 2 aromatic carbocycles. The van der Waals surface area contributed by atoms with E-state index in [0.29, 0.717) is 27.4 Å². The fourth-order valence-electron chi connectivity index (χ4n) is 2.76. The van der Waals surface area contributed by atoms with Crippen molar-refractivity contribution in [2.75, 3.05) is 16.4 Å². The van der Waals surface area contributed by atoms with Crippen LogP contribution in [-0.2, 0) is 0 Å². The minimum absolute atomic E-state index is 0.164. The van der Waals surface area contributed by atoms with Gasteiger partial charge in [0.05, 0.1) is 21.9 Å². The summed E-state index contributed by atoms with van der Waals surface area (Å²) in [5.74, 6) is 0.454. The molecule has 0 bridgehead atoms. The van der Waals surface area contributed by atoms with Crippen molar-refractivity contribution < 1.29 is 4.79 Å². The van der Waals surface area contributed by atoms with E-state index in [1.807, 2.05) is 36.6 Å². The lowest BCUT2D eigenvalue weighted by atomic mass is 10.1. The van der Waals surface area contributed by atoms with Gasteiger partial charge in [-0.2, -0.15) is 0 Å². The Morgan fingerprint density at radius 2 is 1.78 bits per heavy atom. The molecule has 2 amide bonds. The number of halogens is 2. The van der Waals surface area contributed by atoms with Gasteiger partial charge in [0.1, 0.15) is 0 Å². The summed E-state index contributed by atoms with van der Waals surface area (Å²) in [5, 5.41) is 6.32. The van der Waals surface area contributed by atoms with Crippen molar-refractivity contribution in [1.82, 2.24) is 9.55 Å². The number of anilines is 3. The summed E-state index contributed by atoms with van der Waals surface area (Å²) in [5.41, 5.74) is 8.93. The van der Waals surface area contributed by atoms with Gasteiger partial charge in [0.2, 0.25) is 5.95 Å². The van der Waals surface area contributed by atoms with Crippen LogP contribution in [0.15, 0.2) is 48.7 Å². The molecule has 1 aromatic heterocycles. The Labute approximate surface area is 167 Å². The highest BCUT2D eigenvalue weighted by Crippen LogP contribution is 2.28. The second-order valence-corrected chi connectivity index (χ2v) is 7.07. The van der Waals surface area contributed by atoms with Crippen molar-refractivity contribution in [2.24, 2.45) is 0 Å². The van der Waals surface area contributed by atoms with Gasteiger partial charge in [-0.1, -0.05) is 35.3 Å². The maximum absolute atomic E-state index is 12.3. The molecule has 0 saturated heterocycles. The van der Waals surface area contributed by atoms with Crippen LogP contribution in [0.1, 0.15) is 19.9 Å². The maximum Gasteiger partial charge on any atom is 0.323 e. The fourth-order valence-corrected chi connectivity index (χ4v) is 3.05. The zero-order chi connectivity index (χ0) is 19.6. The smallest absolute Gasteiger partial charge is 0.323 e. The first-order chi connectivity index (χ1) is 12.8. The van der Waals surface area contributed by atoms with Crippen molar-refractivity contribution in [1.29, 1.82) is 0 Å². The molecule has 27 heavy (non-hydrogen) atoms. The van der Waals surface area contributed by atoms with Crippen LogP contribution in [0.2, 0.25) is 10.0 Å². The van der Waals surface area contributed by atoms with E-state index in [1.54, 1.807) is 30.5 Å². The fraction of sp³-hybridized carbons (Fsp3) is 0.158. The summed E-state index contributed by atoms with van der Waals surface area (Å²) >= 11 is 11.8. The minimum atomic E-state index is -0.387. The molecule has 0 unspecified atom stereocenters. The summed E-state index contributed by atoms with van der Waals surface area (Å²) in [6.07, 6.45) is 1.73. The van der Waals surface area contributed by atoms with Gasteiger partial charge in [-0.25, -0.2) is 9.78 Å². The van der Waals surface area contributed by atoms with E-state index in [2.05, 4.69) is 15.6 Å². The van der Waals surface area contributed by atoms with E-state index in [4.69, 9.17) is 28.9 Å². The Morgan fingerprint density at radius 3 is 2.44 bits per heavy atom. The molecule has 8 heteroatoms. The Hall–Kier alpha value is -2.70. The third-order valence-corrected chi connectivity index (χ3v) is 4.67. The SMILES string of the molecule is CC(C)n1c(-c2cccc(NC(=O)Nc3ccc(Cl)c(Cl)c3)c2)cnc1N. The molecule has 6 nitrogen and oxygen atoms in total. The largest absolute Gasteiger partial charge is 0.369 e. The van der Waals surface area contributed by atoms with Crippen LogP contribution in [0.3, 0.4) is 0 Å². The average Bonchev–Trinajstić information content (AvgIpc) is 3.00. The summed E-state index contributed by atoms with van der Waals surface area (Å²) in [7, 11) is 0. The molecule has 0 fully saturated rings. The Morgan fingerprint density at radius 1 is 1.07 bits per heavy atom.